The number of ether oxygens (including phenoxy) is 2. The second kappa shape index (κ2) is 9.91. The average molecular weight is 393 g/mol. The monoisotopic (exact) mass is 393 g/mol. The van der Waals surface area contributed by atoms with Crippen LogP contribution in [0, 0.1) is 0 Å². The van der Waals surface area contributed by atoms with Crippen LogP contribution in [0.5, 0.6) is 11.5 Å². The number of nitrogens with two attached hydrogens (primary N) is 1. The molecule has 0 aromatic heterocycles. The van der Waals surface area contributed by atoms with Gasteiger partial charge in [0, 0.05) is 18.8 Å². The van der Waals surface area contributed by atoms with Crippen molar-refractivity contribution in [3.63, 3.8) is 0 Å². The standard InChI is InChI=1S/C18H23N3O5S/c1-25-16-7-2-3-8-17(16)26-12-9-18(22)21-14-5-4-6-15(13-14)27(23,24)20-11-10-19/h2-8,13,20H,9-12,19H2,1H3,(H,21,22). The predicted octanol–water partition coefficient (Wildman–Crippen LogP) is 1.34. The molecule has 9 heteroatoms. The number of amides is 1. The molecular weight excluding hydrogens is 370 g/mol. The van der Waals surface area contributed by atoms with E-state index in [-0.39, 0.29) is 36.9 Å². The van der Waals surface area contributed by atoms with Gasteiger partial charge in [-0.3, -0.25) is 4.79 Å². The summed E-state index contributed by atoms with van der Waals surface area (Å²) in [5.74, 6) is 0.835. The summed E-state index contributed by atoms with van der Waals surface area (Å²) in [7, 11) is -2.12. The van der Waals surface area contributed by atoms with E-state index in [9.17, 15) is 13.2 Å². The van der Waals surface area contributed by atoms with E-state index >= 15 is 0 Å². The normalized spacial score (nSPS) is 11.0. The van der Waals surface area contributed by atoms with Crippen molar-refractivity contribution in [1.29, 1.82) is 0 Å². The number of methoxy groups -OCH3 is 1. The van der Waals surface area contributed by atoms with E-state index in [0.29, 0.717) is 17.2 Å². The van der Waals surface area contributed by atoms with Crippen molar-refractivity contribution < 1.29 is 22.7 Å². The minimum absolute atomic E-state index is 0.0546. The molecule has 0 saturated heterocycles. The number of hydrogen-bond acceptors (Lipinski definition) is 6. The Balaban J connectivity index is 1.91. The van der Waals surface area contributed by atoms with E-state index in [1.807, 2.05) is 12.1 Å². The molecule has 0 aliphatic rings. The second-order valence-electron chi connectivity index (χ2n) is 5.51. The maximum Gasteiger partial charge on any atom is 0.240 e. The van der Waals surface area contributed by atoms with Gasteiger partial charge in [-0.25, -0.2) is 13.1 Å². The Labute approximate surface area is 158 Å². The van der Waals surface area contributed by atoms with Gasteiger partial charge in [-0.2, -0.15) is 0 Å². The predicted molar refractivity (Wildman–Crippen MR) is 102 cm³/mol. The Hall–Kier alpha value is -2.62. The highest BCUT2D eigenvalue weighted by Gasteiger charge is 2.14. The summed E-state index contributed by atoms with van der Waals surface area (Å²) in [5.41, 5.74) is 5.69. The molecule has 0 atom stereocenters. The first-order valence-corrected chi connectivity index (χ1v) is 9.80. The SMILES string of the molecule is COc1ccccc1OCCC(=O)Nc1cccc(S(=O)(=O)NCCN)c1. The minimum Gasteiger partial charge on any atom is -0.493 e. The molecule has 0 spiro atoms. The molecule has 2 aromatic carbocycles. The number of nitrogens with one attached hydrogen (secondary N) is 2. The third kappa shape index (κ3) is 6.24. The maximum atomic E-state index is 12.1. The fourth-order valence-electron chi connectivity index (χ4n) is 2.23. The molecule has 0 saturated carbocycles. The first kappa shape index (κ1) is 20.7. The summed E-state index contributed by atoms with van der Waals surface area (Å²) < 4.78 is 37.3. The molecule has 0 fully saturated rings. The van der Waals surface area contributed by atoms with Crippen LogP contribution in [-0.4, -0.2) is 41.1 Å². The molecule has 1 amide bonds. The largest absolute Gasteiger partial charge is 0.493 e. The van der Waals surface area contributed by atoms with Crippen LogP contribution in [0.1, 0.15) is 6.42 Å². The van der Waals surface area contributed by atoms with Crippen LogP contribution in [0.3, 0.4) is 0 Å². The van der Waals surface area contributed by atoms with E-state index in [1.54, 1.807) is 31.4 Å². The molecule has 0 radical (unpaired) electrons. The zero-order chi connectivity index (χ0) is 19.7. The van der Waals surface area contributed by atoms with Gasteiger partial charge in [-0.1, -0.05) is 18.2 Å². The number of carbonyl (C=O) groups is 1. The first-order chi connectivity index (χ1) is 13.0. The second-order valence-corrected chi connectivity index (χ2v) is 7.28. The summed E-state index contributed by atoms with van der Waals surface area (Å²) in [6, 6.07) is 13.1. The Bertz CT molecular complexity index is 871. The van der Waals surface area contributed by atoms with Gasteiger partial charge in [0.05, 0.1) is 25.0 Å². The van der Waals surface area contributed by atoms with Gasteiger partial charge < -0.3 is 20.5 Å². The first-order valence-electron chi connectivity index (χ1n) is 8.31. The zero-order valence-electron chi connectivity index (χ0n) is 15.0. The minimum atomic E-state index is -3.66. The fourth-order valence-corrected chi connectivity index (χ4v) is 3.33. The van der Waals surface area contributed by atoms with Crippen LogP contribution in [0.4, 0.5) is 5.69 Å². The van der Waals surface area contributed by atoms with E-state index in [0.717, 1.165) is 0 Å². The average Bonchev–Trinajstić information content (AvgIpc) is 2.67. The molecule has 8 nitrogen and oxygen atoms in total. The molecule has 2 aromatic rings. The number of benzene rings is 2. The topological polar surface area (TPSA) is 120 Å². The number of anilines is 1. The number of para-hydroxylation sites is 2. The van der Waals surface area contributed by atoms with Crippen LogP contribution in [-0.2, 0) is 14.8 Å². The number of sulfonamides is 1. The van der Waals surface area contributed by atoms with Gasteiger partial charge >= 0.3 is 0 Å². The van der Waals surface area contributed by atoms with E-state index in [4.69, 9.17) is 15.2 Å². The summed E-state index contributed by atoms with van der Waals surface area (Å²) in [6.45, 7) is 0.489. The lowest BCUT2D eigenvalue weighted by atomic mass is 10.3. The van der Waals surface area contributed by atoms with Gasteiger partial charge in [0.25, 0.3) is 0 Å². The number of rotatable bonds is 10. The van der Waals surface area contributed by atoms with Crippen molar-refractivity contribution >= 4 is 21.6 Å². The Morgan fingerprint density at radius 2 is 1.85 bits per heavy atom. The van der Waals surface area contributed by atoms with E-state index < -0.39 is 10.0 Å². The molecule has 0 heterocycles. The van der Waals surface area contributed by atoms with Gasteiger partial charge in [-0.05, 0) is 30.3 Å². The fraction of sp³-hybridized carbons (Fsp3) is 0.278. The van der Waals surface area contributed by atoms with Gasteiger partial charge in [0.1, 0.15) is 0 Å². The molecule has 4 N–H and O–H groups in total. The van der Waals surface area contributed by atoms with Crippen LogP contribution in [0.2, 0.25) is 0 Å². The third-order valence-corrected chi connectivity index (χ3v) is 4.98. The molecule has 2 rings (SSSR count). The maximum absolute atomic E-state index is 12.1. The zero-order valence-corrected chi connectivity index (χ0v) is 15.8. The summed E-state index contributed by atoms with van der Waals surface area (Å²) in [5, 5.41) is 2.66. The Morgan fingerprint density at radius 1 is 1.11 bits per heavy atom. The van der Waals surface area contributed by atoms with Gasteiger partial charge in [0.15, 0.2) is 11.5 Å². The lowest BCUT2D eigenvalue weighted by molar-refractivity contribution is -0.116. The Morgan fingerprint density at radius 3 is 2.56 bits per heavy atom. The molecule has 0 unspecified atom stereocenters. The Kier molecular flexibility index (Phi) is 7.59. The highest BCUT2D eigenvalue weighted by molar-refractivity contribution is 7.89. The van der Waals surface area contributed by atoms with E-state index in [1.165, 1.54) is 12.1 Å². The highest BCUT2D eigenvalue weighted by Crippen LogP contribution is 2.25. The number of carbonyl (C=O) groups excluding carboxylic acids is 1. The molecule has 0 aliphatic heterocycles. The quantitative estimate of drug-likeness (QED) is 0.560. The summed E-state index contributed by atoms with van der Waals surface area (Å²) >= 11 is 0. The molecule has 0 bridgehead atoms. The van der Waals surface area contributed by atoms with Crippen LogP contribution < -0.4 is 25.2 Å². The van der Waals surface area contributed by atoms with Gasteiger partial charge in [0.2, 0.25) is 15.9 Å². The van der Waals surface area contributed by atoms with Crippen molar-refractivity contribution in [2.75, 3.05) is 32.1 Å². The summed E-state index contributed by atoms with van der Waals surface area (Å²) in [6.07, 6.45) is 0.0977. The highest BCUT2D eigenvalue weighted by atomic mass is 32.2. The molecule has 27 heavy (non-hydrogen) atoms. The van der Waals surface area contributed by atoms with E-state index in [2.05, 4.69) is 10.0 Å². The van der Waals surface area contributed by atoms with Crippen molar-refractivity contribution in [3.05, 3.63) is 48.5 Å². The molecular formula is C18H23N3O5S. The van der Waals surface area contributed by atoms with Crippen molar-refractivity contribution in [2.45, 2.75) is 11.3 Å². The smallest absolute Gasteiger partial charge is 0.240 e. The van der Waals surface area contributed by atoms with Crippen LogP contribution >= 0.6 is 0 Å². The molecule has 0 aliphatic carbocycles. The van der Waals surface area contributed by atoms with Crippen LogP contribution in [0.25, 0.3) is 0 Å². The van der Waals surface area contributed by atoms with Crippen molar-refractivity contribution in [3.8, 4) is 11.5 Å². The van der Waals surface area contributed by atoms with Gasteiger partial charge in [-0.15, -0.1) is 0 Å². The molecule has 146 valence electrons. The summed E-state index contributed by atoms with van der Waals surface area (Å²) in [4.78, 5) is 12.1. The van der Waals surface area contributed by atoms with Crippen molar-refractivity contribution in [1.82, 2.24) is 4.72 Å². The number of hydrogen-bond donors (Lipinski definition) is 3. The van der Waals surface area contributed by atoms with Crippen molar-refractivity contribution in [2.24, 2.45) is 5.73 Å². The third-order valence-electron chi connectivity index (χ3n) is 3.52. The van der Waals surface area contributed by atoms with Crippen LogP contribution in [0.15, 0.2) is 53.4 Å². The lowest BCUT2D eigenvalue weighted by Gasteiger charge is -2.11. The lowest BCUT2D eigenvalue weighted by Crippen LogP contribution is -2.29.